The van der Waals surface area contributed by atoms with Crippen LogP contribution in [0.2, 0.25) is 0 Å². The number of benzene rings is 3. The van der Waals surface area contributed by atoms with E-state index in [1.807, 2.05) is 54.6 Å². The molecule has 0 aliphatic carbocycles. The third-order valence-corrected chi connectivity index (χ3v) is 5.60. The zero-order valence-electron chi connectivity index (χ0n) is 17.1. The number of nitrogens with one attached hydrogen (secondary N) is 1. The molecule has 0 saturated carbocycles. The molecule has 3 rings (SSSR count). The SMILES string of the molecule is CC(C)(C)c1ccc(/C=N\NC(=O)c2ccc(CSc3ccccc3)cc2)cc1. The summed E-state index contributed by atoms with van der Waals surface area (Å²) >= 11 is 1.78. The van der Waals surface area contributed by atoms with Gasteiger partial charge in [-0.1, -0.05) is 75.4 Å². The zero-order chi connectivity index (χ0) is 20.7. The van der Waals surface area contributed by atoms with Crippen LogP contribution in [-0.2, 0) is 11.2 Å². The first-order chi connectivity index (χ1) is 13.9. The third kappa shape index (κ3) is 6.33. The van der Waals surface area contributed by atoms with E-state index in [9.17, 15) is 4.79 Å². The molecule has 0 spiro atoms. The number of hydrazone groups is 1. The number of thioether (sulfide) groups is 1. The van der Waals surface area contributed by atoms with E-state index in [0.717, 1.165) is 11.3 Å². The second-order valence-electron chi connectivity index (χ2n) is 7.87. The molecule has 0 aromatic heterocycles. The summed E-state index contributed by atoms with van der Waals surface area (Å²) < 4.78 is 0. The van der Waals surface area contributed by atoms with Crippen molar-refractivity contribution in [3.63, 3.8) is 0 Å². The smallest absolute Gasteiger partial charge is 0.267 e. The Morgan fingerprint density at radius 2 is 1.59 bits per heavy atom. The van der Waals surface area contributed by atoms with Crippen molar-refractivity contribution in [1.82, 2.24) is 5.43 Å². The minimum atomic E-state index is -0.213. The van der Waals surface area contributed by atoms with Gasteiger partial charge in [0.25, 0.3) is 5.91 Å². The van der Waals surface area contributed by atoms with Crippen molar-refractivity contribution < 1.29 is 4.79 Å². The maximum Gasteiger partial charge on any atom is 0.271 e. The Morgan fingerprint density at radius 3 is 2.21 bits per heavy atom. The first-order valence-electron chi connectivity index (χ1n) is 9.62. The van der Waals surface area contributed by atoms with Crippen LogP contribution in [0.25, 0.3) is 0 Å². The highest BCUT2D eigenvalue weighted by atomic mass is 32.2. The van der Waals surface area contributed by atoms with E-state index in [1.165, 1.54) is 16.0 Å². The molecule has 0 aliphatic rings. The largest absolute Gasteiger partial charge is 0.271 e. The Kier molecular flexibility index (Phi) is 6.89. The number of hydrogen-bond donors (Lipinski definition) is 1. The number of rotatable bonds is 6. The fraction of sp³-hybridized carbons (Fsp3) is 0.200. The Labute approximate surface area is 177 Å². The van der Waals surface area contributed by atoms with Crippen LogP contribution in [0.4, 0.5) is 0 Å². The van der Waals surface area contributed by atoms with E-state index >= 15 is 0 Å². The molecule has 0 radical (unpaired) electrons. The molecule has 0 bridgehead atoms. The molecule has 1 N–H and O–H groups in total. The molecule has 0 aliphatic heterocycles. The maximum atomic E-state index is 12.3. The van der Waals surface area contributed by atoms with Gasteiger partial charge in [-0.15, -0.1) is 11.8 Å². The molecular formula is C25H26N2OS. The highest BCUT2D eigenvalue weighted by Crippen LogP contribution is 2.23. The molecule has 29 heavy (non-hydrogen) atoms. The van der Waals surface area contributed by atoms with Crippen molar-refractivity contribution in [2.75, 3.05) is 0 Å². The molecule has 3 aromatic carbocycles. The lowest BCUT2D eigenvalue weighted by molar-refractivity contribution is 0.0955. The van der Waals surface area contributed by atoms with Gasteiger partial charge in [-0.25, -0.2) is 5.43 Å². The molecule has 3 nitrogen and oxygen atoms in total. The van der Waals surface area contributed by atoms with Gasteiger partial charge in [0, 0.05) is 16.2 Å². The number of nitrogens with zero attached hydrogens (tertiary/aromatic N) is 1. The minimum absolute atomic E-state index is 0.121. The van der Waals surface area contributed by atoms with Gasteiger partial charge >= 0.3 is 0 Å². The summed E-state index contributed by atoms with van der Waals surface area (Å²) in [6.07, 6.45) is 1.66. The van der Waals surface area contributed by atoms with Crippen LogP contribution < -0.4 is 5.43 Å². The van der Waals surface area contributed by atoms with Crippen LogP contribution in [0.3, 0.4) is 0 Å². The van der Waals surface area contributed by atoms with Crippen LogP contribution in [-0.4, -0.2) is 12.1 Å². The maximum absolute atomic E-state index is 12.3. The highest BCUT2D eigenvalue weighted by Gasteiger charge is 2.12. The predicted octanol–water partition coefficient (Wildman–Crippen LogP) is 6.04. The fourth-order valence-corrected chi connectivity index (χ4v) is 3.61. The highest BCUT2D eigenvalue weighted by molar-refractivity contribution is 7.98. The molecule has 1 amide bonds. The van der Waals surface area contributed by atoms with Gasteiger partial charge in [-0.2, -0.15) is 5.10 Å². The van der Waals surface area contributed by atoms with E-state index in [2.05, 4.69) is 55.6 Å². The van der Waals surface area contributed by atoms with Crippen LogP contribution in [0.1, 0.15) is 47.8 Å². The Morgan fingerprint density at radius 1 is 0.931 bits per heavy atom. The third-order valence-electron chi connectivity index (χ3n) is 4.52. The summed E-state index contributed by atoms with van der Waals surface area (Å²) in [5.74, 6) is 0.657. The van der Waals surface area contributed by atoms with Crippen LogP contribution in [0, 0.1) is 0 Å². The van der Waals surface area contributed by atoms with Gasteiger partial charge in [0.15, 0.2) is 0 Å². The monoisotopic (exact) mass is 402 g/mol. The molecule has 4 heteroatoms. The average Bonchev–Trinajstić information content (AvgIpc) is 2.73. The minimum Gasteiger partial charge on any atom is -0.267 e. The van der Waals surface area contributed by atoms with Crippen molar-refractivity contribution in [3.8, 4) is 0 Å². The predicted molar refractivity (Wildman–Crippen MR) is 123 cm³/mol. The average molecular weight is 403 g/mol. The topological polar surface area (TPSA) is 41.5 Å². The van der Waals surface area contributed by atoms with Crippen molar-refractivity contribution in [2.45, 2.75) is 36.8 Å². The standard InChI is InChI=1S/C25H26N2OS/c1-25(2,3)22-15-11-19(12-16-22)17-26-27-24(28)21-13-9-20(10-14-21)18-29-23-7-5-4-6-8-23/h4-17H,18H2,1-3H3,(H,27,28)/b26-17-. The molecule has 0 saturated heterocycles. The van der Waals surface area contributed by atoms with E-state index < -0.39 is 0 Å². The summed E-state index contributed by atoms with van der Waals surface area (Å²) in [5, 5.41) is 4.08. The summed E-state index contributed by atoms with van der Waals surface area (Å²) in [6, 6.07) is 26.1. The Hall–Kier alpha value is -2.85. The van der Waals surface area contributed by atoms with Crippen LogP contribution in [0.5, 0.6) is 0 Å². The van der Waals surface area contributed by atoms with Gasteiger partial charge in [0.05, 0.1) is 6.21 Å². The Bertz CT molecular complexity index is 956. The normalized spacial score (nSPS) is 11.6. The van der Waals surface area contributed by atoms with E-state index in [1.54, 1.807) is 18.0 Å². The van der Waals surface area contributed by atoms with Crippen molar-refractivity contribution in [2.24, 2.45) is 5.10 Å². The van der Waals surface area contributed by atoms with E-state index in [0.29, 0.717) is 5.56 Å². The van der Waals surface area contributed by atoms with Crippen LogP contribution in [0.15, 0.2) is 88.9 Å². The van der Waals surface area contributed by atoms with Crippen molar-refractivity contribution in [1.29, 1.82) is 0 Å². The lowest BCUT2D eigenvalue weighted by Gasteiger charge is -2.18. The zero-order valence-corrected chi connectivity index (χ0v) is 17.9. The first kappa shape index (κ1) is 20.9. The summed E-state index contributed by atoms with van der Waals surface area (Å²) in [5.41, 5.74) is 6.71. The van der Waals surface area contributed by atoms with Gasteiger partial charge < -0.3 is 0 Å². The fourth-order valence-electron chi connectivity index (χ4n) is 2.73. The molecule has 3 aromatic rings. The number of carbonyl (C=O) groups excluding carboxylic acids is 1. The van der Waals surface area contributed by atoms with E-state index in [4.69, 9.17) is 0 Å². The molecule has 0 heterocycles. The summed E-state index contributed by atoms with van der Waals surface area (Å²) in [6.45, 7) is 6.55. The van der Waals surface area contributed by atoms with Gasteiger partial charge in [-0.3, -0.25) is 4.79 Å². The summed E-state index contributed by atoms with van der Waals surface area (Å²) in [7, 11) is 0. The molecule has 0 atom stereocenters. The Balaban J connectivity index is 1.52. The van der Waals surface area contributed by atoms with Gasteiger partial charge in [0.2, 0.25) is 0 Å². The lowest BCUT2D eigenvalue weighted by atomic mass is 9.87. The molecule has 148 valence electrons. The second-order valence-corrected chi connectivity index (χ2v) is 8.92. The quantitative estimate of drug-likeness (QED) is 0.310. The van der Waals surface area contributed by atoms with Crippen LogP contribution >= 0.6 is 11.8 Å². The van der Waals surface area contributed by atoms with Crippen molar-refractivity contribution in [3.05, 3.63) is 101 Å². The van der Waals surface area contributed by atoms with Gasteiger partial charge in [-0.05, 0) is 46.4 Å². The number of amides is 1. The molecule has 0 fully saturated rings. The van der Waals surface area contributed by atoms with E-state index in [-0.39, 0.29) is 11.3 Å². The lowest BCUT2D eigenvalue weighted by Crippen LogP contribution is -2.17. The first-order valence-corrected chi connectivity index (χ1v) is 10.6. The number of carbonyl (C=O) groups is 1. The number of hydrogen-bond acceptors (Lipinski definition) is 3. The van der Waals surface area contributed by atoms with Crippen molar-refractivity contribution >= 4 is 23.9 Å². The molecule has 0 unspecified atom stereocenters. The summed E-state index contributed by atoms with van der Waals surface area (Å²) in [4.78, 5) is 13.5. The van der Waals surface area contributed by atoms with Gasteiger partial charge in [0.1, 0.15) is 0 Å². The molecular weight excluding hydrogens is 376 g/mol. The second kappa shape index (κ2) is 9.57.